The van der Waals surface area contributed by atoms with Gasteiger partial charge in [0.25, 0.3) is 5.69 Å². The van der Waals surface area contributed by atoms with Crippen molar-refractivity contribution in [1.82, 2.24) is 0 Å². The molecule has 2 aromatic carbocycles. The third kappa shape index (κ3) is 4.57. The number of nitrogens with zero attached hydrogens (tertiary/aromatic N) is 1. The van der Waals surface area contributed by atoms with Crippen molar-refractivity contribution in [2.24, 2.45) is 0 Å². The third-order valence-electron chi connectivity index (χ3n) is 2.75. The van der Waals surface area contributed by atoms with E-state index in [4.69, 9.17) is 4.18 Å². The normalized spacial score (nSPS) is 11.0. The molecule has 7 heteroatoms. The summed E-state index contributed by atoms with van der Waals surface area (Å²) in [4.78, 5) is 9.94. The highest BCUT2D eigenvalue weighted by molar-refractivity contribution is 7.87. The van der Waals surface area contributed by atoms with E-state index in [1.807, 2.05) is 30.3 Å². The number of nitro benzene ring substituents is 1. The van der Waals surface area contributed by atoms with Crippen LogP contribution >= 0.6 is 0 Å². The van der Waals surface area contributed by atoms with Gasteiger partial charge in [-0.25, -0.2) is 0 Å². The average Bonchev–Trinajstić information content (AvgIpc) is 2.46. The second-order valence-electron chi connectivity index (χ2n) is 4.33. The summed E-state index contributed by atoms with van der Waals surface area (Å²) in [6, 6.07) is 14.1. The van der Waals surface area contributed by atoms with Crippen molar-refractivity contribution in [1.29, 1.82) is 0 Å². The predicted molar refractivity (Wildman–Crippen MR) is 77.7 cm³/mol. The molecular weight excluding hydrogens is 294 g/mol. The molecule has 0 saturated carbocycles. The van der Waals surface area contributed by atoms with E-state index in [2.05, 4.69) is 0 Å². The summed E-state index contributed by atoms with van der Waals surface area (Å²) in [6.45, 7) is 0. The van der Waals surface area contributed by atoms with E-state index >= 15 is 0 Å². The highest BCUT2D eigenvalue weighted by Crippen LogP contribution is 2.19. The molecule has 0 heterocycles. The summed E-state index contributed by atoms with van der Waals surface area (Å²) in [5, 5.41) is 10.5. The second kappa shape index (κ2) is 6.36. The van der Waals surface area contributed by atoms with Crippen molar-refractivity contribution >= 4 is 15.8 Å². The maximum Gasteiger partial charge on any atom is 0.309 e. The molecule has 0 aliphatic heterocycles. The molecule has 2 aromatic rings. The Bertz CT molecular complexity index is 711. The minimum absolute atomic E-state index is 0.0636. The molecule has 0 unspecified atom stereocenters. The lowest BCUT2D eigenvalue weighted by Gasteiger charge is -2.06. The van der Waals surface area contributed by atoms with Gasteiger partial charge >= 0.3 is 10.1 Å². The van der Waals surface area contributed by atoms with E-state index in [0.717, 1.165) is 5.56 Å². The number of aryl methyl sites for hydroxylation is 1. The van der Waals surface area contributed by atoms with E-state index in [9.17, 15) is 18.5 Å². The first-order valence-electron chi connectivity index (χ1n) is 6.17. The second-order valence-corrected chi connectivity index (χ2v) is 6.02. The van der Waals surface area contributed by atoms with Gasteiger partial charge in [-0.2, -0.15) is 8.42 Å². The molecule has 0 saturated heterocycles. The largest absolute Gasteiger partial charge is 0.382 e. The number of non-ortho nitro benzene ring substituents is 1. The molecule has 0 fully saturated rings. The third-order valence-corrected chi connectivity index (χ3v) is 3.90. The smallest absolute Gasteiger partial charge is 0.309 e. The van der Waals surface area contributed by atoms with Crippen LogP contribution in [-0.4, -0.2) is 19.1 Å². The molecular formula is C14H13NO5S. The molecule has 2 rings (SSSR count). The Balaban J connectivity index is 1.99. The van der Waals surface area contributed by atoms with Crippen LogP contribution in [0.15, 0.2) is 54.6 Å². The Morgan fingerprint density at radius 2 is 1.62 bits per heavy atom. The Hall–Kier alpha value is -2.41. The molecule has 0 spiro atoms. The standard InChI is InChI=1S/C14H13NO5S/c16-15(17)13-6-8-14(9-7-13)20-21(18,19)11-10-12-4-2-1-3-5-12/h1-9H,10-11H2. The maximum atomic E-state index is 11.8. The zero-order valence-electron chi connectivity index (χ0n) is 11.0. The van der Waals surface area contributed by atoms with Crippen molar-refractivity contribution in [3.8, 4) is 5.75 Å². The number of hydrogen-bond donors (Lipinski definition) is 0. The molecule has 0 aliphatic rings. The molecule has 0 amide bonds. The zero-order valence-corrected chi connectivity index (χ0v) is 11.8. The fraction of sp³-hybridized carbons (Fsp3) is 0.143. The predicted octanol–water partition coefficient (Wildman–Crippen LogP) is 2.55. The molecule has 0 N–H and O–H groups in total. The van der Waals surface area contributed by atoms with Gasteiger partial charge in [-0.15, -0.1) is 0 Å². The molecule has 0 aliphatic carbocycles. The van der Waals surface area contributed by atoms with Crippen LogP contribution in [0.2, 0.25) is 0 Å². The van der Waals surface area contributed by atoms with Crippen LogP contribution in [0.3, 0.4) is 0 Å². The summed E-state index contributed by atoms with van der Waals surface area (Å²) in [7, 11) is -3.74. The molecule has 0 aromatic heterocycles. The Kier molecular flexibility index (Phi) is 4.54. The molecule has 21 heavy (non-hydrogen) atoms. The van der Waals surface area contributed by atoms with E-state index in [1.165, 1.54) is 24.3 Å². The Morgan fingerprint density at radius 3 is 2.19 bits per heavy atom. The molecule has 110 valence electrons. The van der Waals surface area contributed by atoms with Crippen molar-refractivity contribution in [2.75, 3.05) is 5.75 Å². The lowest BCUT2D eigenvalue weighted by molar-refractivity contribution is -0.384. The van der Waals surface area contributed by atoms with E-state index in [-0.39, 0.29) is 17.2 Å². The topological polar surface area (TPSA) is 86.5 Å². The van der Waals surface area contributed by atoms with Gasteiger partial charge < -0.3 is 4.18 Å². The van der Waals surface area contributed by atoms with Gasteiger partial charge in [0.1, 0.15) is 5.75 Å². The average molecular weight is 307 g/mol. The molecule has 0 radical (unpaired) electrons. The Labute approximate surface area is 122 Å². The van der Waals surface area contributed by atoms with Gasteiger partial charge in [0.2, 0.25) is 0 Å². The van der Waals surface area contributed by atoms with Crippen LogP contribution in [0.5, 0.6) is 5.75 Å². The number of rotatable bonds is 6. The van der Waals surface area contributed by atoms with Gasteiger partial charge in [-0.1, -0.05) is 30.3 Å². The van der Waals surface area contributed by atoms with Crippen LogP contribution < -0.4 is 4.18 Å². The highest BCUT2D eigenvalue weighted by Gasteiger charge is 2.14. The van der Waals surface area contributed by atoms with E-state index < -0.39 is 15.0 Å². The van der Waals surface area contributed by atoms with Gasteiger partial charge in [-0.3, -0.25) is 10.1 Å². The minimum atomic E-state index is -3.74. The van der Waals surface area contributed by atoms with Crippen molar-refractivity contribution in [2.45, 2.75) is 6.42 Å². The fourth-order valence-corrected chi connectivity index (χ4v) is 2.67. The summed E-state index contributed by atoms with van der Waals surface area (Å²) >= 11 is 0. The van der Waals surface area contributed by atoms with Gasteiger partial charge in [0.05, 0.1) is 10.7 Å². The van der Waals surface area contributed by atoms with E-state index in [0.29, 0.717) is 6.42 Å². The SMILES string of the molecule is O=[N+]([O-])c1ccc(OS(=O)(=O)CCc2ccccc2)cc1. The Morgan fingerprint density at radius 1 is 1.00 bits per heavy atom. The quantitative estimate of drug-likeness (QED) is 0.465. The highest BCUT2D eigenvalue weighted by atomic mass is 32.2. The first kappa shape index (κ1) is 15.0. The van der Waals surface area contributed by atoms with Crippen LogP contribution in [0.1, 0.15) is 5.56 Å². The van der Waals surface area contributed by atoms with Crippen molar-refractivity contribution < 1.29 is 17.5 Å². The molecule has 0 bridgehead atoms. The van der Waals surface area contributed by atoms with Gasteiger partial charge in [0.15, 0.2) is 0 Å². The molecule has 0 atom stereocenters. The summed E-state index contributed by atoms with van der Waals surface area (Å²) in [5.41, 5.74) is 0.775. The van der Waals surface area contributed by atoms with Crippen LogP contribution in [0.4, 0.5) is 5.69 Å². The van der Waals surface area contributed by atoms with Gasteiger partial charge in [-0.05, 0) is 24.1 Å². The number of benzene rings is 2. The summed E-state index contributed by atoms with van der Waals surface area (Å²) in [5.74, 6) is -0.0952. The fourth-order valence-electron chi connectivity index (χ4n) is 1.70. The summed E-state index contributed by atoms with van der Waals surface area (Å²) in [6.07, 6.45) is 0.343. The summed E-state index contributed by atoms with van der Waals surface area (Å²) < 4.78 is 28.6. The monoisotopic (exact) mass is 307 g/mol. The zero-order chi connectivity index (χ0) is 15.3. The van der Waals surface area contributed by atoms with E-state index in [1.54, 1.807) is 0 Å². The minimum Gasteiger partial charge on any atom is -0.382 e. The van der Waals surface area contributed by atoms with Gasteiger partial charge in [0, 0.05) is 12.1 Å². The molecule has 6 nitrogen and oxygen atoms in total. The van der Waals surface area contributed by atoms with Crippen LogP contribution in [-0.2, 0) is 16.5 Å². The number of nitro groups is 1. The maximum absolute atomic E-state index is 11.8. The number of hydrogen-bond acceptors (Lipinski definition) is 5. The first-order chi connectivity index (χ1) is 9.96. The lowest BCUT2D eigenvalue weighted by atomic mass is 10.2. The lowest BCUT2D eigenvalue weighted by Crippen LogP contribution is -2.15. The van der Waals surface area contributed by atoms with Crippen molar-refractivity contribution in [3.05, 3.63) is 70.3 Å². The van der Waals surface area contributed by atoms with Crippen LogP contribution in [0, 0.1) is 10.1 Å². The first-order valence-corrected chi connectivity index (χ1v) is 7.74. The van der Waals surface area contributed by atoms with Crippen molar-refractivity contribution in [3.63, 3.8) is 0 Å². The van der Waals surface area contributed by atoms with Crippen LogP contribution in [0.25, 0.3) is 0 Å².